The molecule has 0 radical (unpaired) electrons. The fourth-order valence-electron chi connectivity index (χ4n) is 3.23. The zero-order valence-corrected chi connectivity index (χ0v) is 13.8. The number of aromatic nitrogens is 3. The minimum Gasteiger partial charge on any atom is -0.317 e. The highest BCUT2D eigenvalue weighted by molar-refractivity contribution is 6.04. The molecule has 1 saturated carbocycles. The largest absolute Gasteiger partial charge is 0.317 e. The summed E-state index contributed by atoms with van der Waals surface area (Å²) in [5.41, 5.74) is 1.38. The van der Waals surface area contributed by atoms with Crippen LogP contribution in [-0.2, 0) is 0 Å². The number of benzene rings is 1. The smallest absolute Gasteiger partial charge is 0.280 e. The molecule has 0 bridgehead atoms. The molecule has 1 aliphatic heterocycles. The van der Waals surface area contributed by atoms with Crippen LogP contribution in [-0.4, -0.2) is 40.5 Å². The summed E-state index contributed by atoms with van der Waals surface area (Å²) in [6.45, 7) is 2.75. The molecule has 1 aromatic carbocycles. The van der Waals surface area contributed by atoms with Gasteiger partial charge in [0.2, 0.25) is 0 Å². The molecule has 2 heterocycles. The van der Waals surface area contributed by atoms with E-state index in [0.29, 0.717) is 17.7 Å². The second kappa shape index (κ2) is 6.73. The first-order valence-electron chi connectivity index (χ1n) is 8.81. The Labute approximate surface area is 141 Å². The monoisotopic (exact) mass is 325 g/mol. The van der Waals surface area contributed by atoms with Gasteiger partial charge < -0.3 is 10.2 Å². The average Bonchev–Trinajstić information content (AvgIpc) is 3.33. The lowest BCUT2D eigenvalue weighted by atomic mass is 10.1. The van der Waals surface area contributed by atoms with Crippen molar-refractivity contribution in [3.63, 3.8) is 0 Å². The van der Waals surface area contributed by atoms with Gasteiger partial charge in [0.1, 0.15) is 0 Å². The molecule has 6 heteroatoms. The summed E-state index contributed by atoms with van der Waals surface area (Å²) < 4.78 is 1.87. The maximum Gasteiger partial charge on any atom is 0.280 e. The van der Waals surface area contributed by atoms with Crippen molar-refractivity contribution in [1.29, 1.82) is 0 Å². The van der Waals surface area contributed by atoms with Crippen molar-refractivity contribution in [2.24, 2.45) is 5.92 Å². The van der Waals surface area contributed by atoms with E-state index in [1.165, 1.54) is 12.8 Å². The molecular formula is C18H23N5O. The number of para-hydroxylation sites is 1. The number of hydrogen-bond donors (Lipinski definition) is 1. The predicted molar refractivity (Wildman–Crippen MR) is 92.0 cm³/mol. The Bertz CT molecular complexity index is 688. The molecule has 6 nitrogen and oxygen atoms in total. The number of anilines is 1. The Balaban J connectivity index is 1.54. The summed E-state index contributed by atoms with van der Waals surface area (Å²) in [5.74, 6) is 0.571. The second-order valence-corrected chi connectivity index (χ2v) is 6.76. The second-order valence-electron chi connectivity index (χ2n) is 6.76. The lowest BCUT2D eigenvalue weighted by Crippen LogP contribution is -2.33. The van der Waals surface area contributed by atoms with Crippen molar-refractivity contribution in [1.82, 2.24) is 20.3 Å². The van der Waals surface area contributed by atoms with Crippen LogP contribution in [0.25, 0.3) is 0 Å². The van der Waals surface area contributed by atoms with E-state index < -0.39 is 0 Å². The standard InChI is InChI=1S/C18H23N5O/c24-18(17-13-23(21-20-17)16-8-10-19-11-9-16)22(12-14-6-7-14)15-4-2-1-3-5-15/h1-5,13-14,16,19H,6-12H2. The molecular weight excluding hydrogens is 302 g/mol. The van der Waals surface area contributed by atoms with Gasteiger partial charge in [-0.15, -0.1) is 5.10 Å². The number of carbonyl (C=O) groups excluding carboxylic acids is 1. The van der Waals surface area contributed by atoms with Crippen LogP contribution in [0.2, 0.25) is 0 Å². The van der Waals surface area contributed by atoms with Crippen molar-refractivity contribution in [2.75, 3.05) is 24.5 Å². The van der Waals surface area contributed by atoms with Gasteiger partial charge in [-0.1, -0.05) is 23.4 Å². The van der Waals surface area contributed by atoms with Crippen molar-refractivity contribution in [3.05, 3.63) is 42.2 Å². The van der Waals surface area contributed by atoms with E-state index in [9.17, 15) is 4.79 Å². The molecule has 0 unspecified atom stereocenters. The molecule has 1 saturated heterocycles. The minimum atomic E-state index is -0.0479. The zero-order valence-electron chi connectivity index (χ0n) is 13.8. The lowest BCUT2D eigenvalue weighted by Gasteiger charge is -2.22. The first-order chi connectivity index (χ1) is 11.8. The quantitative estimate of drug-likeness (QED) is 0.916. The van der Waals surface area contributed by atoms with Crippen molar-refractivity contribution < 1.29 is 4.79 Å². The van der Waals surface area contributed by atoms with Crippen LogP contribution in [0.4, 0.5) is 5.69 Å². The van der Waals surface area contributed by atoms with E-state index in [4.69, 9.17) is 0 Å². The summed E-state index contributed by atoms with van der Waals surface area (Å²) >= 11 is 0. The third-order valence-corrected chi connectivity index (χ3v) is 4.86. The fourth-order valence-corrected chi connectivity index (χ4v) is 3.23. The van der Waals surface area contributed by atoms with Crippen molar-refractivity contribution in [2.45, 2.75) is 31.7 Å². The maximum absolute atomic E-state index is 13.0. The molecule has 1 aliphatic carbocycles. The van der Waals surface area contributed by atoms with Gasteiger partial charge in [0.05, 0.1) is 12.2 Å². The molecule has 1 amide bonds. The molecule has 2 aliphatic rings. The number of piperidine rings is 1. The highest BCUT2D eigenvalue weighted by Crippen LogP contribution is 2.32. The van der Waals surface area contributed by atoms with E-state index >= 15 is 0 Å². The number of rotatable bonds is 5. The molecule has 1 N–H and O–H groups in total. The molecule has 126 valence electrons. The molecule has 2 fully saturated rings. The van der Waals surface area contributed by atoms with Crippen molar-refractivity contribution in [3.8, 4) is 0 Å². The SMILES string of the molecule is O=C(c1cn(C2CCNCC2)nn1)N(CC1CC1)c1ccccc1. The normalized spacial score (nSPS) is 18.5. The van der Waals surface area contributed by atoms with Gasteiger partial charge in [-0.05, 0) is 56.8 Å². The zero-order chi connectivity index (χ0) is 16.4. The third-order valence-electron chi connectivity index (χ3n) is 4.86. The lowest BCUT2D eigenvalue weighted by molar-refractivity contribution is 0.0981. The van der Waals surface area contributed by atoms with E-state index in [1.807, 2.05) is 46.1 Å². The molecule has 2 aromatic rings. The average molecular weight is 325 g/mol. The Morgan fingerprint density at radius 2 is 1.92 bits per heavy atom. The van der Waals surface area contributed by atoms with Gasteiger partial charge >= 0.3 is 0 Å². The molecule has 0 spiro atoms. The first-order valence-corrected chi connectivity index (χ1v) is 8.81. The summed E-state index contributed by atoms with van der Waals surface area (Å²) in [7, 11) is 0. The summed E-state index contributed by atoms with van der Waals surface area (Å²) in [4.78, 5) is 14.9. The van der Waals surface area contributed by atoms with Gasteiger partial charge in [-0.25, -0.2) is 4.68 Å². The Morgan fingerprint density at radius 1 is 1.17 bits per heavy atom. The molecule has 4 rings (SSSR count). The van der Waals surface area contributed by atoms with Crippen LogP contribution in [0.1, 0.15) is 42.2 Å². The van der Waals surface area contributed by atoms with Gasteiger partial charge in [-0.2, -0.15) is 0 Å². The van der Waals surface area contributed by atoms with Crippen molar-refractivity contribution >= 4 is 11.6 Å². The summed E-state index contributed by atoms with van der Waals surface area (Å²) in [6, 6.07) is 10.2. The molecule has 0 atom stereocenters. The molecule has 1 aromatic heterocycles. The van der Waals surface area contributed by atoms with Gasteiger partial charge in [0.15, 0.2) is 5.69 Å². The Hall–Kier alpha value is -2.21. The highest BCUT2D eigenvalue weighted by atomic mass is 16.2. The van der Waals surface area contributed by atoms with E-state index in [0.717, 1.165) is 38.2 Å². The molecule has 24 heavy (non-hydrogen) atoms. The minimum absolute atomic E-state index is 0.0479. The van der Waals surface area contributed by atoms with E-state index in [-0.39, 0.29) is 5.91 Å². The van der Waals surface area contributed by atoms with Crippen LogP contribution in [0.5, 0.6) is 0 Å². The number of amides is 1. The third kappa shape index (κ3) is 3.33. The predicted octanol–water partition coefficient (Wildman–Crippen LogP) is 2.26. The topological polar surface area (TPSA) is 63.1 Å². The Kier molecular flexibility index (Phi) is 4.30. The van der Waals surface area contributed by atoms with E-state index in [2.05, 4.69) is 15.6 Å². The van der Waals surface area contributed by atoms with Crippen LogP contribution in [0, 0.1) is 5.92 Å². The maximum atomic E-state index is 13.0. The first kappa shape index (κ1) is 15.3. The summed E-state index contributed by atoms with van der Waals surface area (Å²) in [6.07, 6.45) is 6.29. The highest BCUT2D eigenvalue weighted by Gasteiger charge is 2.29. The van der Waals surface area contributed by atoms with Crippen LogP contribution in [0.3, 0.4) is 0 Å². The van der Waals surface area contributed by atoms with Crippen LogP contribution >= 0.6 is 0 Å². The number of nitrogens with zero attached hydrogens (tertiary/aromatic N) is 4. The number of nitrogens with one attached hydrogen (secondary N) is 1. The summed E-state index contributed by atoms with van der Waals surface area (Å²) in [5, 5.41) is 11.7. The van der Waals surface area contributed by atoms with Crippen LogP contribution < -0.4 is 10.2 Å². The number of hydrogen-bond acceptors (Lipinski definition) is 4. The van der Waals surface area contributed by atoms with Gasteiger partial charge in [0.25, 0.3) is 5.91 Å². The number of carbonyl (C=O) groups is 1. The Morgan fingerprint density at radius 3 is 2.62 bits per heavy atom. The van der Waals surface area contributed by atoms with Gasteiger partial charge in [0, 0.05) is 12.2 Å². The fraction of sp³-hybridized carbons (Fsp3) is 0.500. The van der Waals surface area contributed by atoms with Crippen LogP contribution in [0.15, 0.2) is 36.5 Å². The van der Waals surface area contributed by atoms with E-state index in [1.54, 1.807) is 0 Å². The van der Waals surface area contributed by atoms with Gasteiger partial charge in [-0.3, -0.25) is 4.79 Å².